The van der Waals surface area contributed by atoms with Crippen LogP contribution in [0.2, 0.25) is 0 Å². The van der Waals surface area contributed by atoms with Gasteiger partial charge in [0, 0.05) is 29.2 Å². The quantitative estimate of drug-likeness (QED) is 0.435. The van der Waals surface area contributed by atoms with E-state index in [2.05, 4.69) is 20.3 Å². The van der Waals surface area contributed by atoms with Crippen molar-refractivity contribution in [2.75, 3.05) is 5.32 Å². The molecule has 0 radical (unpaired) electrons. The van der Waals surface area contributed by atoms with Gasteiger partial charge in [-0.05, 0) is 48.4 Å². The molecule has 11 heteroatoms. The molecule has 4 aromatic rings. The number of aryl methyl sites for hydroxylation is 1. The van der Waals surface area contributed by atoms with Gasteiger partial charge in [-0.25, -0.2) is 13.4 Å². The molecule has 0 bridgehead atoms. The first-order valence-corrected chi connectivity index (χ1v) is 11.2. The minimum Gasteiger partial charge on any atom is -0.338 e. The fraction of sp³-hybridized carbons (Fsp3) is 0.136. The predicted octanol–water partition coefficient (Wildman–Crippen LogP) is 4.73. The zero-order chi connectivity index (χ0) is 23.8. The van der Waals surface area contributed by atoms with E-state index >= 15 is 0 Å². The lowest BCUT2D eigenvalue weighted by atomic mass is 10.1. The van der Waals surface area contributed by atoms with Gasteiger partial charge in [0.1, 0.15) is 5.82 Å². The molecule has 0 atom stereocenters. The van der Waals surface area contributed by atoms with Gasteiger partial charge in [-0.15, -0.1) is 0 Å². The molecule has 33 heavy (non-hydrogen) atoms. The van der Waals surface area contributed by atoms with Gasteiger partial charge < -0.3 is 10.3 Å². The van der Waals surface area contributed by atoms with Crippen molar-refractivity contribution in [3.8, 4) is 11.4 Å². The third-order valence-electron chi connectivity index (χ3n) is 5.02. The summed E-state index contributed by atoms with van der Waals surface area (Å²) in [5.41, 5.74) is -3.31. The van der Waals surface area contributed by atoms with E-state index in [1.807, 2.05) is 0 Å². The van der Waals surface area contributed by atoms with Gasteiger partial charge in [0.2, 0.25) is 0 Å². The number of amides is 1. The van der Waals surface area contributed by atoms with Crippen LogP contribution >= 0.6 is 0 Å². The molecular formula is C22H17F3N4O3S. The summed E-state index contributed by atoms with van der Waals surface area (Å²) >= 11 is 0. The van der Waals surface area contributed by atoms with E-state index in [9.17, 15) is 26.4 Å². The number of benzene rings is 2. The Morgan fingerprint density at radius 2 is 1.70 bits per heavy atom. The Kier molecular flexibility index (Phi) is 5.66. The number of hydrogen-bond donors (Lipinski definition) is 2. The number of sulfone groups is 1. The summed E-state index contributed by atoms with van der Waals surface area (Å²) in [6, 6.07) is 12.0. The maximum atomic E-state index is 13.1. The molecule has 0 saturated heterocycles. The van der Waals surface area contributed by atoms with Gasteiger partial charge in [0.25, 0.3) is 15.7 Å². The van der Waals surface area contributed by atoms with E-state index in [-0.39, 0.29) is 23.4 Å². The molecule has 170 valence electrons. The second-order valence-electron chi connectivity index (χ2n) is 7.09. The summed E-state index contributed by atoms with van der Waals surface area (Å²) in [6.07, 6.45) is 3.15. The van der Waals surface area contributed by atoms with Gasteiger partial charge in [-0.2, -0.15) is 13.2 Å². The number of aromatic nitrogens is 3. The number of carbonyl (C=O) groups is 1. The van der Waals surface area contributed by atoms with Crippen molar-refractivity contribution < 1.29 is 26.4 Å². The van der Waals surface area contributed by atoms with Crippen LogP contribution in [-0.2, 0) is 16.3 Å². The average Bonchev–Trinajstić information content (AvgIpc) is 3.23. The number of imidazole rings is 1. The number of alkyl halides is 3. The number of nitrogens with zero attached hydrogens (tertiary/aromatic N) is 2. The lowest BCUT2D eigenvalue weighted by Gasteiger charge is -2.12. The van der Waals surface area contributed by atoms with E-state index in [4.69, 9.17) is 0 Å². The van der Waals surface area contributed by atoms with Crippen molar-refractivity contribution in [2.45, 2.75) is 23.7 Å². The highest BCUT2D eigenvalue weighted by atomic mass is 32.2. The van der Waals surface area contributed by atoms with Gasteiger partial charge in [0.15, 0.2) is 0 Å². The summed E-state index contributed by atoms with van der Waals surface area (Å²) in [4.78, 5) is 22.8. The Balaban J connectivity index is 1.67. The summed E-state index contributed by atoms with van der Waals surface area (Å²) < 4.78 is 63.2. The van der Waals surface area contributed by atoms with Crippen molar-refractivity contribution in [3.05, 3.63) is 72.1 Å². The Labute approximate surface area is 186 Å². The van der Waals surface area contributed by atoms with Crippen LogP contribution in [0.15, 0.2) is 65.8 Å². The maximum absolute atomic E-state index is 13.1. The lowest BCUT2D eigenvalue weighted by molar-refractivity contribution is -0.0436. The van der Waals surface area contributed by atoms with Crippen molar-refractivity contribution in [1.82, 2.24) is 15.0 Å². The number of nitrogens with one attached hydrogen (secondary N) is 2. The molecule has 2 N–H and O–H groups in total. The second kappa shape index (κ2) is 8.32. The van der Waals surface area contributed by atoms with E-state index in [0.717, 1.165) is 6.07 Å². The molecular weight excluding hydrogens is 457 g/mol. The summed E-state index contributed by atoms with van der Waals surface area (Å²) in [5, 5.41) is 2.74. The van der Waals surface area contributed by atoms with Crippen LogP contribution in [0.3, 0.4) is 0 Å². The molecule has 0 aliphatic heterocycles. The fourth-order valence-electron chi connectivity index (χ4n) is 3.39. The Morgan fingerprint density at radius 1 is 1.03 bits per heavy atom. The molecule has 0 aliphatic carbocycles. The smallest absolute Gasteiger partial charge is 0.338 e. The van der Waals surface area contributed by atoms with E-state index in [0.29, 0.717) is 28.2 Å². The molecule has 0 fully saturated rings. The maximum Gasteiger partial charge on any atom is 0.501 e. The van der Waals surface area contributed by atoms with E-state index in [1.54, 1.807) is 55.7 Å². The third-order valence-corrected chi connectivity index (χ3v) is 6.59. The van der Waals surface area contributed by atoms with E-state index < -0.39 is 20.2 Å². The fourth-order valence-corrected chi connectivity index (χ4v) is 4.45. The predicted molar refractivity (Wildman–Crippen MR) is 116 cm³/mol. The zero-order valence-electron chi connectivity index (χ0n) is 17.1. The Bertz CT molecular complexity index is 1430. The third kappa shape index (κ3) is 4.19. The van der Waals surface area contributed by atoms with Crippen LogP contribution in [0.4, 0.5) is 18.9 Å². The average molecular weight is 474 g/mol. The van der Waals surface area contributed by atoms with Crippen LogP contribution in [-0.4, -0.2) is 34.8 Å². The minimum absolute atomic E-state index is 0.0133. The molecule has 7 nitrogen and oxygen atoms in total. The van der Waals surface area contributed by atoms with Crippen molar-refractivity contribution in [3.63, 3.8) is 0 Å². The molecule has 1 amide bonds. The summed E-state index contributed by atoms with van der Waals surface area (Å²) in [5.74, 6) is 0.00923. The van der Waals surface area contributed by atoms with Crippen LogP contribution in [0.25, 0.3) is 22.4 Å². The number of anilines is 1. The zero-order valence-corrected chi connectivity index (χ0v) is 18.0. The number of aromatic amines is 1. The molecule has 2 heterocycles. The molecule has 0 unspecified atom stereocenters. The summed E-state index contributed by atoms with van der Waals surface area (Å²) in [7, 11) is -5.51. The lowest BCUT2D eigenvalue weighted by Crippen LogP contribution is -2.24. The first-order chi connectivity index (χ1) is 15.6. The van der Waals surface area contributed by atoms with E-state index in [1.165, 1.54) is 6.07 Å². The first kappa shape index (κ1) is 22.5. The second-order valence-corrected chi connectivity index (χ2v) is 9.00. The monoisotopic (exact) mass is 474 g/mol. The molecule has 4 rings (SSSR count). The number of carbonyl (C=O) groups excluding carboxylic acids is 1. The van der Waals surface area contributed by atoms with Gasteiger partial charge in [-0.3, -0.25) is 9.78 Å². The van der Waals surface area contributed by atoms with Crippen molar-refractivity contribution in [1.29, 1.82) is 0 Å². The van der Waals surface area contributed by atoms with Crippen molar-refractivity contribution >= 4 is 32.5 Å². The number of H-pyrrole nitrogens is 1. The number of fused-ring (bicyclic) bond motifs is 1. The molecule has 0 spiro atoms. The van der Waals surface area contributed by atoms with Gasteiger partial charge in [-0.1, -0.05) is 19.1 Å². The number of hydrogen-bond acceptors (Lipinski definition) is 5. The number of pyridine rings is 1. The first-order valence-electron chi connectivity index (χ1n) is 9.76. The Morgan fingerprint density at radius 3 is 2.30 bits per heavy atom. The largest absolute Gasteiger partial charge is 0.501 e. The van der Waals surface area contributed by atoms with Gasteiger partial charge >= 0.3 is 5.51 Å². The minimum atomic E-state index is -5.51. The highest BCUT2D eigenvalue weighted by Crippen LogP contribution is 2.35. The highest BCUT2D eigenvalue weighted by molar-refractivity contribution is 7.92. The topological polar surface area (TPSA) is 105 Å². The summed E-state index contributed by atoms with van der Waals surface area (Å²) in [6.45, 7) is 1.56. The van der Waals surface area contributed by atoms with Crippen LogP contribution < -0.4 is 5.32 Å². The standard InChI is InChI=1S/C22H17F3N4O3S/c1-2-16-18(33(31,32)22(23,24)25)8-7-17-19(16)29-20(28-17)13-3-5-14(6-4-13)21(30)27-15-9-11-26-12-10-15/h3-12H,2H2,1H3,(H,28,29)(H,26,27,30). The molecule has 2 aromatic carbocycles. The normalized spacial score (nSPS) is 12.1. The van der Waals surface area contributed by atoms with Gasteiger partial charge in [0.05, 0.1) is 15.9 Å². The SMILES string of the molecule is CCc1c(S(=O)(=O)C(F)(F)F)ccc2[nH]c(-c3ccc(C(=O)Nc4ccncc4)cc3)nc12. The van der Waals surface area contributed by atoms with Crippen molar-refractivity contribution in [2.24, 2.45) is 0 Å². The molecule has 2 aromatic heterocycles. The number of halogens is 3. The highest BCUT2D eigenvalue weighted by Gasteiger charge is 2.48. The van der Waals surface area contributed by atoms with Crippen LogP contribution in [0.5, 0.6) is 0 Å². The van der Waals surface area contributed by atoms with Crippen LogP contribution in [0, 0.1) is 0 Å². The molecule has 0 saturated carbocycles. The number of rotatable bonds is 5. The molecule has 0 aliphatic rings. The van der Waals surface area contributed by atoms with Crippen LogP contribution in [0.1, 0.15) is 22.8 Å². The Hall–Kier alpha value is -3.73.